The van der Waals surface area contributed by atoms with Gasteiger partial charge in [0.2, 0.25) is 5.95 Å². The Bertz CT molecular complexity index is 468. The molecule has 2 N–H and O–H groups in total. The van der Waals surface area contributed by atoms with Crippen LogP contribution in [0.15, 0.2) is 0 Å². The molecule has 0 spiro atoms. The van der Waals surface area contributed by atoms with E-state index in [1.807, 2.05) is 0 Å². The highest BCUT2D eigenvalue weighted by Gasteiger charge is 2.26. The number of ether oxygens (including phenoxy) is 1. The smallest absolute Gasteiger partial charge is 0.222 e. The zero-order chi connectivity index (χ0) is 13.2. The Labute approximate surface area is 112 Å². The molecule has 5 nitrogen and oxygen atoms in total. The van der Waals surface area contributed by atoms with Crippen LogP contribution < -0.4 is 10.6 Å². The molecule has 1 unspecified atom stereocenters. The summed E-state index contributed by atoms with van der Waals surface area (Å²) in [5.74, 6) is 1.21. The van der Waals surface area contributed by atoms with Gasteiger partial charge in [0.15, 0.2) is 0 Å². The Balaban J connectivity index is 1.92. The molecule has 0 bridgehead atoms. The molecular formula is C13H19FN4O. The maximum absolute atomic E-state index is 12.8. The molecule has 6 heteroatoms. The van der Waals surface area contributed by atoms with Gasteiger partial charge in [-0.15, -0.1) is 0 Å². The van der Waals surface area contributed by atoms with Crippen molar-refractivity contribution in [2.24, 2.45) is 0 Å². The number of anilines is 2. The molecule has 19 heavy (non-hydrogen) atoms. The zero-order valence-corrected chi connectivity index (χ0v) is 10.9. The summed E-state index contributed by atoms with van der Waals surface area (Å²) in [5, 5.41) is 0. The van der Waals surface area contributed by atoms with Crippen molar-refractivity contribution in [2.45, 2.75) is 31.8 Å². The van der Waals surface area contributed by atoms with E-state index in [4.69, 9.17) is 10.5 Å². The molecule has 1 aromatic rings. The minimum atomic E-state index is -0.459. The largest absolute Gasteiger partial charge is 0.372 e. The fraction of sp³-hybridized carbons (Fsp3) is 0.692. The quantitative estimate of drug-likeness (QED) is 0.868. The molecule has 1 aliphatic carbocycles. The molecule has 0 saturated carbocycles. The number of nitrogens with zero attached hydrogens (tertiary/aromatic N) is 3. The lowest BCUT2D eigenvalue weighted by molar-refractivity contribution is 0.0244. The van der Waals surface area contributed by atoms with Crippen molar-refractivity contribution in [1.29, 1.82) is 0 Å². The fourth-order valence-corrected chi connectivity index (χ4v) is 2.86. The van der Waals surface area contributed by atoms with Gasteiger partial charge in [0.25, 0.3) is 0 Å². The lowest BCUT2D eigenvalue weighted by atomic mass is 9.96. The van der Waals surface area contributed by atoms with Crippen LogP contribution in [-0.4, -0.2) is 42.4 Å². The molecule has 104 valence electrons. The van der Waals surface area contributed by atoms with Crippen LogP contribution >= 0.6 is 0 Å². The van der Waals surface area contributed by atoms with Crippen LogP contribution in [-0.2, 0) is 17.6 Å². The van der Waals surface area contributed by atoms with E-state index in [-0.39, 0.29) is 6.10 Å². The van der Waals surface area contributed by atoms with Gasteiger partial charge in [-0.05, 0) is 25.7 Å². The zero-order valence-electron chi connectivity index (χ0n) is 10.9. The number of nitrogens with two attached hydrogens (primary N) is 1. The summed E-state index contributed by atoms with van der Waals surface area (Å²) in [4.78, 5) is 10.8. The minimum absolute atomic E-state index is 0.318. The van der Waals surface area contributed by atoms with Crippen molar-refractivity contribution < 1.29 is 9.13 Å². The van der Waals surface area contributed by atoms with Crippen LogP contribution in [0.2, 0.25) is 0 Å². The first-order valence-electron chi connectivity index (χ1n) is 6.85. The van der Waals surface area contributed by atoms with Gasteiger partial charge in [-0.25, -0.2) is 9.37 Å². The second-order valence-corrected chi connectivity index (χ2v) is 5.13. The number of morpholine rings is 1. The predicted molar refractivity (Wildman–Crippen MR) is 71.0 cm³/mol. The Hall–Kier alpha value is -1.43. The molecule has 1 aliphatic heterocycles. The van der Waals surface area contributed by atoms with Crippen molar-refractivity contribution in [3.05, 3.63) is 11.3 Å². The van der Waals surface area contributed by atoms with Crippen LogP contribution in [0.4, 0.5) is 16.2 Å². The highest BCUT2D eigenvalue weighted by molar-refractivity contribution is 5.53. The third-order valence-corrected chi connectivity index (χ3v) is 3.79. The molecule has 1 aromatic heterocycles. The molecule has 0 radical (unpaired) electrons. The Kier molecular flexibility index (Phi) is 3.50. The number of hydrogen-bond acceptors (Lipinski definition) is 5. The van der Waals surface area contributed by atoms with Gasteiger partial charge < -0.3 is 15.4 Å². The monoisotopic (exact) mass is 266 g/mol. The van der Waals surface area contributed by atoms with Gasteiger partial charge in [0.05, 0.1) is 12.3 Å². The topological polar surface area (TPSA) is 64.3 Å². The number of aryl methyl sites for hydroxylation is 1. The Morgan fingerprint density at radius 1 is 1.32 bits per heavy atom. The van der Waals surface area contributed by atoms with Gasteiger partial charge in [0.1, 0.15) is 18.6 Å². The lowest BCUT2D eigenvalue weighted by Crippen LogP contribution is -2.44. The van der Waals surface area contributed by atoms with E-state index in [9.17, 15) is 4.39 Å². The first-order chi connectivity index (χ1) is 9.28. The standard InChI is InChI=1S/C13H19FN4O/c14-7-9-8-18(5-6-19-9)12-10-3-1-2-4-11(10)16-13(15)17-12/h9H,1-8H2,(H2,15,16,17). The number of rotatable bonds is 2. The van der Waals surface area contributed by atoms with E-state index in [1.165, 1.54) is 5.56 Å². The molecule has 1 saturated heterocycles. The normalized spacial score (nSPS) is 23.2. The summed E-state index contributed by atoms with van der Waals surface area (Å²) in [6.45, 7) is 1.35. The van der Waals surface area contributed by atoms with E-state index in [2.05, 4.69) is 14.9 Å². The maximum Gasteiger partial charge on any atom is 0.222 e. The van der Waals surface area contributed by atoms with Crippen LogP contribution in [0.1, 0.15) is 24.1 Å². The molecule has 0 aromatic carbocycles. The van der Waals surface area contributed by atoms with E-state index in [1.54, 1.807) is 0 Å². The average Bonchev–Trinajstić information content (AvgIpc) is 2.46. The predicted octanol–water partition coefficient (Wildman–Crippen LogP) is 1.11. The first kappa shape index (κ1) is 12.6. The number of alkyl halides is 1. The van der Waals surface area contributed by atoms with Gasteiger partial charge in [-0.2, -0.15) is 4.98 Å². The van der Waals surface area contributed by atoms with Crippen LogP contribution in [0.3, 0.4) is 0 Å². The third kappa shape index (κ3) is 2.49. The Morgan fingerprint density at radius 3 is 3.00 bits per heavy atom. The lowest BCUT2D eigenvalue weighted by Gasteiger charge is -2.34. The highest BCUT2D eigenvalue weighted by atomic mass is 19.1. The fourth-order valence-electron chi connectivity index (χ4n) is 2.86. The van der Waals surface area contributed by atoms with Crippen LogP contribution in [0, 0.1) is 0 Å². The molecule has 2 heterocycles. The molecule has 1 fully saturated rings. The average molecular weight is 266 g/mol. The molecular weight excluding hydrogens is 247 g/mol. The summed E-state index contributed by atoms with van der Waals surface area (Å²) in [6.07, 6.45) is 3.90. The summed E-state index contributed by atoms with van der Waals surface area (Å²) in [5.41, 5.74) is 8.06. The van der Waals surface area contributed by atoms with E-state index in [0.29, 0.717) is 19.1 Å². The van der Waals surface area contributed by atoms with Crippen molar-refractivity contribution in [3.8, 4) is 0 Å². The minimum Gasteiger partial charge on any atom is -0.372 e. The van der Waals surface area contributed by atoms with Crippen LogP contribution in [0.5, 0.6) is 0 Å². The van der Waals surface area contributed by atoms with E-state index < -0.39 is 6.67 Å². The van der Waals surface area contributed by atoms with E-state index >= 15 is 0 Å². The number of halogens is 1. The summed E-state index contributed by atoms with van der Waals surface area (Å²) >= 11 is 0. The van der Waals surface area contributed by atoms with Crippen LogP contribution in [0.25, 0.3) is 0 Å². The Morgan fingerprint density at radius 2 is 2.16 bits per heavy atom. The third-order valence-electron chi connectivity index (χ3n) is 3.79. The molecule has 3 rings (SSSR count). The summed E-state index contributed by atoms with van der Waals surface area (Å²) in [7, 11) is 0. The molecule has 1 atom stereocenters. The van der Waals surface area contributed by atoms with E-state index in [0.717, 1.165) is 43.7 Å². The van der Waals surface area contributed by atoms with Crippen molar-refractivity contribution >= 4 is 11.8 Å². The molecule has 0 amide bonds. The van der Waals surface area contributed by atoms with Gasteiger partial charge in [0, 0.05) is 18.7 Å². The van der Waals surface area contributed by atoms with Gasteiger partial charge >= 0.3 is 0 Å². The second-order valence-electron chi connectivity index (χ2n) is 5.13. The number of fused-ring (bicyclic) bond motifs is 1. The summed E-state index contributed by atoms with van der Waals surface area (Å²) < 4.78 is 18.1. The number of aromatic nitrogens is 2. The maximum atomic E-state index is 12.8. The second kappa shape index (κ2) is 5.28. The van der Waals surface area contributed by atoms with Crippen molar-refractivity contribution in [3.63, 3.8) is 0 Å². The van der Waals surface area contributed by atoms with Crippen molar-refractivity contribution in [2.75, 3.05) is 37.0 Å². The van der Waals surface area contributed by atoms with Gasteiger partial charge in [-0.1, -0.05) is 0 Å². The SMILES string of the molecule is Nc1nc2c(c(N3CCOC(CF)C3)n1)CCCC2. The number of nitrogen functional groups attached to an aromatic ring is 1. The first-order valence-corrected chi connectivity index (χ1v) is 6.85. The van der Waals surface area contributed by atoms with Crippen molar-refractivity contribution in [1.82, 2.24) is 9.97 Å². The highest BCUT2D eigenvalue weighted by Crippen LogP contribution is 2.29. The van der Waals surface area contributed by atoms with Gasteiger partial charge in [-0.3, -0.25) is 0 Å². The molecule has 2 aliphatic rings. The number of hydrogen-bond donors (Lipinski definition) is 1. The summed E-state index contributed by atoms with van der Waals surface area (Å²) in [6, 6.07) is 0.